The lowest BCUT2D eigenvalue weighted by Gasteiger charge is -2.33. The van der Waals surface area contributed by atoms with Crippen LogP contribution >= 0.6 is 0 Å². The minimum Gasteiger partial charge on any atom is -0.393 e. The summed E-state index contributed by atoms with van der Waals surface area (Å²) in [6, 6.07) is 0. The second-order valence-corrected chi connectivity index (χ2v) is 4.27. The van der Waals surface area contributed by atoms with Crippen molar-refractivity contribution in [3.05, 3.63) is 0 Å². The molecule has 80 valence electrons. The van der Waals surface area contributed by atoms with E-state index >= 15 is 0 Å². The molecule has 0 amide bonds. The smallest absolute Gasteiger partial charge is 0.0695 e. The molecular formula is C11H24O2. The summed E-state index contributed by atoms with van der Waals surface area (Å²) in [5.74, 6) is 0.216. The Morgan fingerprint density at radius 1 is 1.23 bits per heavy atom. The molecule has 0 aromatic heterocycles. The number of hydrogen-bond donors (Lipinski definition) is 2. The van der Waals surface area contributed by atoms with Crippen LogP contribution in [0, 0.1) is 5.92 Å². The summed E-state index contributed by atoms with van der Waals surface area (Å²) in [5, 5.41) is 19.7. The number of aliphatic hydroxyl groups is 2. The van der Waals surface area contributed by atoms with Crippen LogP contribution in [0.4, 0.5) is 0 Å². The molecule has 2 N–H and O–H groups in total. The average Bonchev–Trinajstić information content (AvgIpc) is 2.04. The molecule has 13 heavy (non-hydrogen) atoms. The minimum atomic E-state index is -0.676. The van der Waals surface area contributed by atoms with Crippen LogP contribution in [0.15, 0.2) is 0 Å². The van der Waals surface area contributed by atoms with Gasteiger partial charge in [0.15, 0.2) is 0 Å². The van der Waals surface area contributed by atoms with Gasteiger partial charge in [0.2, 0.25) is 0 Å². The van der Waals surface area contributed by atoms with Crippen LogP contribution in [0.3, 0.4) is 0 Å². The highest BCUT2D eigenvalue weighted by atomic mass is 16.3. The van der Waals surface area contributed by atoms with Crippen LogP contribution in [-0.4, -0.2) is 21.9 Å². The van der Waals surface area contributed by atoms with Crippen molar-refractivity contribution in [3.63, 3.8) is 0 Å². The first-order chi connectivity index (χ1) is 5.96. The maximum Gasteiger partial charge on any atom is 0.0695 e. The molecular weight excluding hydrogens is 164 g/mol. The van der Waals surface area contributed by atoms with Gasteiger partial charge in [-0.1, -0.05) is 34.1 Å². The van der Waals surface area contributed by atoms with E-state index in [0.29, 0.717) is 6.42 Å². The molecule has 0 saturated heterocycles. The zero-order chi connectivity index (χ0) is 10.5. The lowest BCUT2D eigenvalue weighted by molar-refractivity contribution is -0.0531. The highest BCUT2D eigenvalue weighted by molar-refractivity contribution is 4.83. The van der Waals surface area contributed by atoms with Gasteiger partial charge in [0.1, 0.15) is 0 Å². The first-order valence-corrected chi connectivity index (χ1v) is 5.36. The van der Waals surface area contributed by atoms with Gasteiger partial charge in [-0.3, -0.25) is 0 Å². The second-order valence-electron chi connectivity index (χ2n) is 4.27. The molecule has 0 bridgehead atoms. The van der Waals surface area contributed by atoms with Gasteiger partial charge in [0.25, 0.3) is 0 Å². The van der Waals surface area contributed by atoms with Gasteiger partial charge in [-0.15, -0.1) is 0 Å². The van der Waals surface area contributed by atoms with Crippen LogP contribution in [0.2, 0.25) is 0 Å². The third kappa shape index (κ3) is 4.10. The molecule has 0 heterocycles. The van der Waals surface area contributed by atoms with Gasteiger partial charge in [-0.25, -0.2) is 0 Å². The van der Waals surface area contributed by atoms with Gasteiger partial charge in [0.05, 0.1) is 11.7 Å². The van der Waals surface area contributed by atoms with E-state index in [2.05, 4.69) is 6.92 Å². The molecule has 0 rings (SSSR count). The van der Waals surface area contributed by atoms with Crippen molar-refractivity contribution in [2.24, 2.45) is 5.92 Å². The first-order valence-electron chi connectivity index (χ1n) is 5.36. The molecule has 0 aromatic carbocycles. The Kier molecular flexibility index (Phi) is 5.57. The van der Waals surface area contributed by atoms with Crippen LogP contribution in [0.5, 0.6) is 0 Å². The van der Waals surface area contributed by atoms with Crippen molar-refractivity contribution in [2.45, 2.75) is 65.1 Å². The van der Waals surface area contributed by atoms with Crippen LogP contribution in [-0.2, 0) is 0 Å². The Morgan fingerprint density at radius 3 is 2.08 bits per heavy atom. The molecule has 0 aliphatic heterocycles. The summed E-state index contributed by atoms with van der Waals surface area (Å²) in [6.07, 6.45) is 2.61. The largest absolute Gasteiger partial charge is 0.393 e. The highest BCUT2D eigenvalue weighted by Crippen LogP contribution is 2.28. The third-order valence-corrected chi connectivity index (χ3v) is 2.82. The summed E-state index contributed by atoms with van der Waals surface area (Å²) < 4.78 is 0. The molecule has 0 aliphatic rings. The molecule has 2 nitrogen and oxygen atoms in total. The summed E-state index contributed by atoms with van der Waals surface area (Å²) in [4.78, 5) is 0. The van der Waals surface area contributed by atoms with Crippen molar-refractivity contribution in [1.82, 2.24) is 0 Å². The van der Waals surface area contributed by atoms with Gasteiger partial charge >= 0.3 is 0 Å². The quantitative estimate of drug-likeness (QED) is 0.671. The SMILES string of the molecule is CCCC(O)(CC(O)CC)C(C)C. The Balaban J connectivity index is 4.23. The van der Waals surface area contributed by atoms with E-state index in [-0.39, 0.29) is 12.0 Å². The van der Waals surface area contributed by atoms with E-state index in [1.54, 1.807) is 0 Å². The average molecular weight is 188 g/mol. The molecule has 0 spiro atoms. The zero-order valence-electron chi connectivity index (χ0n) is 9.38. The lowest BCUT2D eigenvalue weighted by atomic mass is 9.81. The number of aliphatic hydroxyl groups excluding tert-OH is 1. The van der Waals surface area contributed by atoms with E-state index < -0.39 is 5.60 Å². The fraction of sp³-hybridized carbons (Fsp3) is 1.00. The van der Waals surface area contributed by atoms with Crippen molar-refractivity contribution < 1.29 is 10.2 Å². The van der Waals surface area contributed by atoms with Crippen molar-refractivity contribution in [3.8, 4) is 0 Å². The van der Waals surface area contributed by atoms with Crippen LogP contribution in [0.25, 0.3) is 0 Å². The third-order valence-electron chi connectivity index (χ3n) is 2.82. The van der Waals surface area contributed by atoms with E-state index in [4.69, 9.17) is 0 Å². The molecule has 0 aliphatic carbocycles. The maximum absolute atomic E-state index is 10.2. The van der Waals surface area contributed by atoms with Crippen molar-refractivity contribution in [2.75, 3.05) is 0 Å². The monoisotopic (exact) mass is 188 g/mol. The Morgan fingerprint density at radius 2 is 1.77 bits per heavy atom. The fourth-order valence-electron chi connectivity index (χ4n) is 1.61. The van der Waals surface area contributed by atoms with E-state index in [9.17, 15) is 10.2 Å². The topological polar surface area (TPSA) is 40.5 Å². The molecule has 2 atom stereocenters. The minimum absolute atomic E-state index is 0.216. The van der Waals surface area contributed by atoms with Crippen LogP contribution in [0.1, 0.15) is 53.4 Å². The van der Waals surface area contributed by atoms with Gasteiger partial charge in [-0.2, -0.15) is 0 Å². The van der Waals surface area contributed by atoms with Crippen molar-refractivity contribution in [1.29, 1.82) is 0 Å². The van der Waals surface area contributed by atoms with Gasteiger partial charge in [0, 0.05) is 6.42 Å². The standard InChI is InChI=1S/C11H24O2/c1-5-7-11(13,9(3)4)8-10(12)6-2/h9-10,12-13H,5-8H2,1-4H3. The zero-order valence-corrected chi connectivity index (χ0v) is 9.38. The number of rotatable bonds is 6. The Bertz CT molecular complexity index is 134. The summed E-state index contributed by atoms with van der Waals surface area (Å²) in [6.45, 7) is 8.03. The lowest BCUT2D eigenvalue weighted by Crippen LogP contribution is -2.38. The van der Waals surface area contributed by atoms with E-state index in [1.807, 2.05) is 20.8 Å². The fourth-order valence-corrected chi connectivity index (χ4v) is 1.61. The second kappa shape index (κ2) is 5.61. The predicted molar refractivity (Wildman–Crippen MR) is 55.6 cm³/mol. The molecule has 0 saturated carbocycles. The molecule has 0 aromatic rings. The Labute approximate surface area is 82.0 Å². The predicted octanol–water partition coefficient (Wildman–Crippen LogP) is 2.33. The molecule has 2 heteroatoms. The van der Waals surface area contributed by atoms with E-state index in [0.717, 1.165) is 19.3 Å². The van der Waals surface area contributed by atoms with Crippen LogP contribution < -0.4 is 0 Å². The van der Waals surface area contributed by atoms with E-state index in [1.165, 1.54) is 0 Å². The maximum atomic E-state index is 10.2. The summed E-state index contributed by atoms with van der Waals surface area (Å²) in [5.41, 5.74) is -0.676. The molecule has 0 radical (unpaired) electrons. The normalized spacial score (nSPS) is 18.7. The first kappa shape index (κ1) is 12.9. The van der Waals surface area contributed by atoms with Gasteiger partial charge in [-0.05, 0) is 18.8 Å². The van der Waals surface area contributed by atoms with Gasteiger partial charge < -0.3 is 10.2 Å². The molecule has 0 fully saturated rings. The highest BCUT2D eigenvalue weighted by Gasteiger charge is 2.31. The Hall–Kier alpha value is -0.0800. The van der Waals surface area contributed by atoms with Crippen molar-refractivity contribution >= 4 is 0 Å². The summed E-state index contributed by atoms with van der Waals surface area (Å²) in [7, 11) is 0. The number of hydrogen-bond acceptors (Lipinski definition) is 2. The molecule has 2 unspecified atom stereocenters. The summed E-state index contributed by atoms with van der Waals surface area (Å²) >= 11 is 0.